The molecule has 0 aliphatic heterocycles. The van der Waals surface area contributed by atoms with E-state index in [1.807, 2.05) is 30.3 Å². The molecule has 5 heteroatoms. The van der Waals surface area contributed by atoms with E-state index < -0.39 is 0 Å². The second-order valence-corrected chi connectivity index (χ2v) is 4.76. The van der Waals surface area contributed by atoms with E-state index >= 15 is 0 Å². The van der Waals surface area contributed by atoms with Crippen LogP contribution < -0.4 is 15.4 Å². The Morgan fingerprint density at radius 1 is 1.00 bits per heavy atom. The third-order valence-corrected chi connectivity index (χ3v) is 2.88. The fourth-order valence-electron chi connectivity index (χ4n) is 1.79. The number of benzene rings is 2. The Morgan fingerprint density at radius 2 is 1.68 bits per heavy atom. The third kappa shape index (κ3) is 5.28. The molecular weight excluding hydrogens is 280 g/mol. The highest BCUT2D eigenvalue weighted by atomic mass is 16.5. The fraction of sp³-hybridized carbons (Fsp3) is 0.176. The van der Waals surface area contributed by atoms with Gasteiger partial charge in [0.15, 0.2) is 0 Å². The summed E-state index contributed by atoms with van der Waals surface area (Å²) in [6.45, 7) is 1.82. The van der Waals surface area contributed by atoms with E-state index in [2.05, 4.69) is 10.6 Å². The van der Waals surface area contributed by atoms with Crippen molar-refractivity contribution in [3.8, 4) is 5.75 Å². The van der Waals surface area contributed by atoms with Gasteiger partial charge in [-0.2, -0.15) is 0 Å². The number of carbonyl (C=O) groups is 2. The van der Waals surface area contributed by atoms with Crippen LogP contribution in [0.25, 0.3) is 0 Å². The van der Waals surface area contributed by atoms with E-state index in [0.717, 1.165) is 11.3 Å². The molecule has 2 aromatic rings. The molecule has 0 bridgehead atoms. The Bertz CT molecular complexity index is 624. The molecule has 22 heavy (non-hydrogen) atoms. The summed E-state index contributed by atoms with van der Waals surface area (Å²) >= 11 is 0. The molecule has 0 fully saturated rings. The number of rotatable bonds is 6. The van der Waals surface area contributed by atoms with Crippen LogP contribution in [-0.4, -0.2) is 18.4 Å². The Hall–Kier alpha value is -2.82. The number of amides is 2. The molecule has 2 amide bonds. The van der Waals surface area contributed by atoms with Gasteiger partial charge in [0.2, 0.25) is 11.8 Å². The molecule has 0 heterocycles. The highest BCUT2D eigenvalue weighted by molar-refractivity contribution is 5.94. The summed E-state index contributed by atoms with van der Waals surface area (Å²) in [7, 11) is 0. The van der Waals surface area contributed by atoms with Crippen LogP contribution in [0, 0.1) is 0 Å². The maximum atomic E-state index is 11.6. The number of anilines is 1. The van der Waals surface area contributed by atoms with Crippen LogP contribution in [0.5, 0.6) is 5.75 Å². The summed E-state index contributed by atoms with van der Waals surface area (Å²) in [5.74, 6) is 0.219. The van der Waals surface area contributed by atoms with E-state index in [-0.39, 0.29) is 18.4 Å². The molecule has 2 aromatic carbocycles. The van der Waals surface area contributed by atoms with Gasteiger partial charge in [0.1, 0.15) is 12.4 Å². The van der Waals surface area contributed by atoms with E-state index in [4.69, 9.17) is 4.74 Å². The molecule has 0 unspecified atom stereocenters. The minimum atomic E-state index is -0.270. The van der Waals surface area contributed by atoms with Crippen LogP contribution >= 0.6 is 0 Å². The van der Waals surface area contributed by atoms with Crippen molar-refractivity contribution in [1.29, 1.82) is 0 Å². The molecule has 2 rings (SSSR count). The summed E-state index contributed by atoms with van der Waals surface area (Å²) in [6.07, 6.45) is 0. The van der Waals surface area contributed by atoms with Crippen molar-refractivity contribution in [3.63, 3.8) is 0 Å². The maximum absolute atomic E-state index is 11.6. The van der Waals surface area contributed by atoms with Crippen LogP contribution in [0.3, 0.4) is 0 Å². The molecule has 0 spiro atoms. The number of ether oxygens (including phenoxy) is 1. The molecule has 114 valence electrons. The lowest BCUT2D eigenvalue weighted by Crippen LogP contribution is -2.31. The Labute approximate surface area is 129 Å². The van der Waals surface area contributed by atoms with Gasteiger partial charge in [-0.25, -0.2) is 0 Å². The molecule has 2 N–H and O–H groups in total. The number of hydrogen-bond acceptors (Lipinski definition) is 3. The van der Waals surface area contributed by atoms with E-state index in [9.17, 15) is 9.59 Å². The maximum Gasteiger partial charge on any atom is 0.243 e. The molecular formula is C17H18N2O3. The first kappa shape index (κ1) is 15.6. The van der Waals surface area contributed by atoms with Crippen LogP contribution in [-0.2, 0) is 16.2 Å². The summed E-state index contributed by atoms with van der Waals surface area (Å²) in [4.78, 5) is 22.3. The second kappa shape index (κ2) is 7.83. The van der Waals surface area contributed by atoms with Crippen LogP contribution in [0.15, 0.2) is 54.6 Å². The quantitative estimate of drug-likeness (QED) is 0.860. The molecule has 0 saturated heterocycles. The van der Waals surface area contributed by atoms with Crippen LogP contribution in [0.2, 0.25) is 0 Å². The molecule has 0 atom stereocenters. The van der Waals surface area contributed by atoms with Crippen molar-refractivity contribution >= 4 is 17.5 Å². The average molecular weight is 298 g/mol. The third-order valence-electron chi connectivity index (χ3n) is 2.88. The number of hydrogen-bond donors (Lipinski definition) is 2. The first-order valence-corrected chi connectivity index (χ1v) is 6.94. The first-order valence-electron chi connectivity index (χ1n) is 6.94. The lowest BCUT2D eigenvalue weighted by Gasteiger charge is -2.08. The molecule has 0 radical (unpaired) electrons. The Balaban J connectivity index is 1.82. The van der Waals surface area contributed by atoms with Crippen molar-refractivity contribution < 1.29 is 14.3 Å². The summed E-state index contributed by atoms with van der Waals surface area (Å²) in [6, 6.07) is 17.0. The smallest absolute Gasteiger partial charge is 0.243 e. The zero-order chi connectivity index (χ0) is 15.8. The van der Waals surface area contributed by atoms with Crippen molar-refractivity contribution in [2.45, 2.75) is 13.5 Å². The molecule has 0 aliphatic carbocycles. The van der Waals surface area contributed by atoms with Crippen LogP contribution in [0.1, 0.15) is 12.5 Å². The second-order valence-electron chi connectivity index (χ2n) is 4.76. The minimum absolute atomic E-state index is 0.0401. The van der Waals surface area contributed by atoms with Gasteiger partial charge in [0.05, 0.1) is 6.54 Å². The van der Waals surface area contributed by atoms with Gasteiger partial charge in [0.25, 0.3) is 0 Å². The highest BCUT2D eigenvalue weighted by Gasteiger charge is 2.03. The average Bonchev–Trinajstić information content (AvgIpc) is 2.53. The van der Waals surface area contributed by atoms with E-state index in [1.54, 1.807) is 24.3 Å². The molecule has 0 aromatic heterocycles. The number of carbonyl (C=O) groups excluding carboxylic acids is 2. The van der Waals surface area contributed by atoms with Crippen LogP contribution in [0.4, 0.5) is 5.69 Å². The highest BCUT2D eigenvalue weighted by Crippen LogP contribution is 2.17. The van der Waals surface area contributed by atoms with Gasteiger partial charge in [-0.05, 0) is 29.8 Å². The molecule has 0 aliphatic rings. The molecule has 0 saturated carbocycles. The van der Waals surface area contributed by atoms with E-state index in [1.165, 1.54) is 6.92 Å². The van der Waals surface area contributed by atoms with Gasteiger partial charge in [-0.15, -0.1) is 0 Å². The number of nitrogens with one attached hydrogen (secondary N) is 2. The van der Waals surface area contributed by atoms with E-state index in [0.29, 0.717) is 12.3 Å². The van der Waals surface area contributed by atoms with Crippen molar-refractivity contribution in [1.82, 2.24) is 5.32 Å². The zero-order valence-electron chi connectivity index (χ0n) is 12.3. The van der Waals surface area contributed by atoms with Crippen molar-refractivity contribution in [2.24, 2.45) is 0 Å². The lowest BCUT2D eigenvalue weighted by molar-refractivity contribution is -0.122. The monoisotopic (exact) mass is 298 g/mol. The zero-order valence-corrected chi connectivity index (χ0v) is 12.3. The van der Waals surface area contributed by atoms with Gasteiger partial charge in [-0.1, -0.05) is 30.3 Å². The topological polar surface area (TPSA) is 67.4 Å². The summed E-state index contributed by atoms with van der Waals surface area (Å²) in [5, 5.41) is 5.13. The predicted molar refractivity (Wildman–Crippen MR) is 84.5 cm³/mol. The van der Waals surface area contributed by atoms with Gasteiger partial charge in [-0.3, -0.25) is 9.59 Å². The Morgan fingerprint density at radius 3 is 2.32 bits per heavy atom. The summed E-state index contributed by atoms with van der Waals surface area (Å²) < 4.78 is 5.66. The van der Waals surface area contributed by atoms with Gasteiger partial charge < -0.3 is 15.4 Å². The van der Waals surface area contributed by atoms with Crippen molar-refractivity contribution in [3.05, 3.63) is 60.2 Å². The summed E-state index contributed by atoms with van der Waals surface area (Å²) in [5.41, 5.74) is 1.75. The standard InChI is InChI=1S/C17H18N2O3/c1-13(20)18-11-17(21)19-15-7-9-16(10-8-15)22-12-14-5-3-2-4-6-14/h2-10H,11-12H2,1H3,(H,18,20)(H,19,21). The normalized spacial score (nSPS) is 9.86. The SMILES string of the molecule is CC(=O)NCC(=O)Nc1ccc(OCc2ccccc2)cc1. The van der Waals surface area contributed by atoms with Gasteiger partial charge >= 0.3 is 0 Å². The van der Waals surface area contributed by atoms with Gasteiger partial charge in [0, 0.05) is 12.6 Å². The Kier molecular flexibility index (Phi) is 5.54. The lowest BCUT2D eigenvalue weighted by atomic mass is 10.2. The predicted octanol–water partition coefficient (Wildman–Crippen LogP) is 2.34. The first-order chi connectivity index (χ1) is 10.6. The van der Waals surface area contributed by atoms with Crippen molar-refractivity contribution in [2.75, 3.05) is 11.9 Å². The molecule has 5 nitrogen and oxygen atoms in total. The fourth-order valence-corrected chi connectivity index (χ4v) is 1.79. The largest absolute Gasteiger partial charge is 0.489 e. The minimum Gasteiger partial charge on any atom is -0.489 e.